The normalized spacial score (nSPS) is 11.8. The number of hydrogen-bond donors (Lipinski definition) is 0. The molecule has 0 unspecified atom stereocenters. The number of benzene rings is 5. The zero-order valence-electron chi connectivity index (χ0n) is 17.1. The molecule has 32 heavy (non-hydrogen) atoms. The largest absolute Gasteiger partial charge is 0.455 e. The van der Waals surface area contributed by atoms with Crippen LogP contribution in [0.1, 0.15) is 0 Å². The van der Waals surface area contributed by atoms with Crippen LogP contribution in [0.25, 0.3) is 66.4 Å². The highest BCUT2D eigenvalue weighted by atomic mass is 16.3. The molecular weight excluding hydrogens is 394 g/mol. The molecule has 5 aromatic carbocycles. The van der Waals surface area contributed by atoms with E-state index in [4.69, 9.17) is 13.8 Å². The first-order chi connectivity index (χ1) is 15.9. The van der Waals surface area contributed by atoms with E-state index in [-0.39, 0.29) is 0 Å². The molecule has 150 valence electrons. The third-order valence-electron chi connectivity index (χ3n) is 6.14. The van der Waals surface area contributed by atoms with Crippen LogP contribution in [0.2, 0.25) is 0 Å². The van der Waals surface area contributed by atoms with Crippen molar-refractivity contribution >= 4 is 43.8 Å². The zero-order valence-corrected chi connectivity index (χ0v) is 17.1. The SMILES string of the molecule is c1ccc2oc(-c3ccc(-c4cccc5c4oc4ccccc45)c4ccccc34)nc2c1. The molecule has 0 saturated carbocycles. The van der Waals surface area contributed by atoms with Crippen LogP contribution < -0.4 is 0 Å². The van der Waals surface area contributed by atoms with Gasteiger partial charge in [0.05, 0.1) is 0 Å². The fraction of sp³-hybridized carbons (Fsp3) is 0. The molecule has 3 nitrogen and oxygen atoms in total. The average molecular weight is 411 g/mol. The first kappa shape index (κ1) is 17.3. The Morgan fingerprint density at radius 1 is 0.438 bits per heavy atom. The Morgan fingerprint density at radius 3 is 1.94 bits per heavy atom. The maximum absolute atomic E-state index is 6.31. The fourth-order valence-electron chi connectivity index (χ4n) is 4.67. The van der Waals surface area contributed by atoms with Gasteiger partial charge < -0.3 is 8.83 Å². The minimum atomic E-state index is 0.635. The van der Waals surface area contributed by atoms with Gasteiger partial charge in [0.15, 0.2) is 5.58 Å². The Labute approximate surface area is 183 Å². The summed E-state index contributed by atoms with van der Waals surface area (Å²) in [5, 5.41) is 4.51. The third kappa shape index (κ3) is 2.45. The second kappa shape index (κ2) is 6.56. The lowest BCUT2D eigenvalue weighted by molar-refractivity contribution is 0.620. The van der Waals surface area contributed by atoms with Gasteiger partial charge in [-0.15, -0.1) is 0 Å². The molecule has 3 heteroatoms. The van der Waals surface area contributed by atoms with Crippen molar-refractivity contribution in [3.63, 3.8) is 0 Å². The van der Waals surface area contributed by atoms with Gasteiger partial charge in [0, 0.05) is 21.9 Å². The summed E-state index contributed by atoms with van der Waals surface area (Å²) in [5.74, 6) is 0.635. The number of fused-ring (bicyclic) bond motifs is 5. The smallest absolute Gasteiger partial charge is 0.227 e. The number of rotatable bonds is 2. The van der Waals surface area contributed by atoms with Crippen molar-refractivity contribution in [2.24, 2.45) is 0 Å². The Kier molecular flexibility index (Phi) is 3.55. The second-order valence-corrected chi connectivity index (χ2v) is 7.97. The second-order valence-electron chi connectivity index (χ2n) is 7.97. The highest BCUT2D eigenvalue weighted by Gasteiger charge is 2.17. The minimum Gasteiger partial charge on any atom is -0.455 e. The van der Waals surface area contributed by atoms with E-state index in [9.17, 15) is 0 Å². The summed E-state index contributed by atoms with van der Waals surface area (Å²) in [7, 11) is 0. The summed E-state index contributed by atoms with van der Waals surface area (Å²) < 4.78 is 12.4. The Morgan fingerprint density at radius 2 is 1.09 bits per heavy atom. The maximum atomic E-state index is 6.31. The lowest BCUT2D eigenvalue weighted by Gasteiger charge is -2.10. The van der Waals surface area contributed by atoms with Crippen LogP contribution in [-0.2, 0) is 0 Å². The highest BCUT2D eigenvalue weighted by Crippen LogP contribution is 2.40. The lowest BCUT2D eigenvalue weighted by atomic mass is 9.94. The average Bonchev–Trinajstić information content (AvgIpc) is 3.45. The van der Waals surface area contributed by atoms with Gasteiger partial charge >= 0.3 is 0 Å². The van der Waals surface area contributed by atoms with E-state index in [1.165, 1.54) is 0 Å². The molecule has 0 fully saturated rings. The minimum absolute atomic E-state index is 0.635. The molecule has 0 atom stereocenters. The van der Waals surface area contributed by atoms with Crippen LogP contribution in [0.4, 0.5) is 0 Å². The van der Waals surface area contributed by atoms with E-state index in [0.29, 0.717) is 5.89 Å². The van der Waals surface area contributed by atoms with E-state index in [1.54, 1.807) is 0 Å². The summed E-state index contributed by atoms with van der Waals surface area (Å²) in [4.78, 5) is 4.73. The molecule has 0 spiro atoms. The molecule has 0 saturated heterocycles. The molecular formula is C29H17NO2. The molecule has 0 aliphatic heterocycles. The van der Waals surface area contributed by atoms with Gasteiger partial charge in [-0.1, -0.05) is 78.9 Å². The van der Waals surface area contributed by atoms with Crippen molar-refractivity contribution in [1.29, 1.82) is 0 Å². The topological polar surface area (TPSA) is 39.2 Å². The van der Waals surface area contributed by atoms with Gasteiger partial charge in [-0.05, 0) is 40.6 Å². The number of hydrogen-bond acceptors (Lipinski definition) is 3. The van der Waals surface area contributed by atoms with Crippen LogP contribution >= 0.6 is 0 Å². The highest BCUT2D eigenvalue weighted by molar-refractivity contribution is 6.13. The Bertz CT molecular complexity index is 1760. The molecule has 0 bridgehead atoms. The van der Waals surface area contributed by atoms with Crippen LogP contribution in [0.3, 0.4) is 0 Å². The Balaban J connectivity index is 1.51. The van der Waals surface area contributed by atoms with Crippen molar-refractivity contribution in [3.05, 3.63) is 103 Å². The van der Waals surface area contributed by atoms with Gasteiger partial charge in [-0.25, -0.2) is 4.98 Å². The van der Waals surface area contributed by atoms with Crippen molar-refractivity contribution in [1.82, 2.24) is 4.98 Å². The van der Waals surface area contributed by atoms with E-state index in [1.807, 2.05) is 36.4 Å². The van der Waals surface area contributed by atoms with Crippen LogP contribution in [0.15, 0.2) is 112 Å². The third-order valence-corrected chi connectivity index (χ3v) is 6.14. The lowest BCUT2D eigenvalue weighted by Crippen LogP contribution is -1.86. The first-order valence-corrected chi connectivity index (χ1v) is 10.7. The number of oxazole rings is 1. The van der Waals surface area contributed by atoms with Crippen LogP contribution in [0.5, 0.6) is 0 Å². The predicted octanol–water partition coefficient (Wildman–Crippen LogP) is 8.21. The van der Waals surface area contributed by atoms with Crippen LogP contribution in [-0.4, -0.2) is 4.98 Å². The van der Waals surface area contributed by atoms with Crippen molar-refractivity contribution in [2.75, 3.05) is 0 Å². The van der Waals surface area contributed by atoms with E-state index < -0.39 is 0 Å². The predicted molar refractivity (Wildman–Crippen MR) is 130 cm³/mol. The van der Waals surface area contributed by atoms with Gasteiger partial charge in [0.1, 0.15) is 16.7 Å². The molecule has 0 radical (unpaired) electrons. The van der Waals surface area contributed by atoms with Gasteiger partial charge in [0.2, 0.25) is 5.89 Å². The van der Waals surface area contributed by atoms with Crippen LogP contribution in [0, 0.1) is 0 Å². The number of aromatic nitrogens is 1. The van der Waals surface area contributed by atoms with E-state index in [0.717, 1.165) is 60.5 Å². The standard InChI is InChI=1S/C29H17NO2/c1-2-9-19-18(8-1)20(16-17-24(19)29-30-25-13-4-6-15-27(25)32-29)22-11-7-12-23-21-10-3-5-14-26(21)31-28(22)23/h1-17H. The summed E-state index contributed by atoms with van der Waals surface area (Å²) in [6, 6.07) is 35.1. The number of nitrogens with zero attached hydrogens (tertiary/aromatic N) is 1. The number of furan rings is 1. The fourth-order valence-corrected chi connectivity index (χ4v) is 4.67. The Hall–Kier alpha value is -4.37. The molecule has 0 aliphatic carbocycles. The van der Waals surface area contributed by atoms with E-state index in [2.05, 4.69) is 66.7 Å². The molecule has 2 aromatic heterocycles. The van der Waals surface area contributed by atoms with Crippen molar-refractivity contribution in [2.45, 2.75) is 0 Å². The summed E-state index contributed by atoms with van der Waals surface area (Å²) in [6.07, 6.45) is 0. The first-order valence-electron chi connectivity index (χ1n) is 10.7. The molecule has 2 heterocycles. The molecule has 0 aliphatic rings. The zero-order chi connectivity index (χ0) is 21.1. The molecule has 0 amide bonds. The van der Waals surface area contributed by atoms with Gasteiger partial charge in [-0.2, -0.15) is 0 Å². The van der Waals surface area contributed by atoms with Gasteiger partial charge in [-0.3, -0.25) is 0 Å². The molecule has 7 aromatic rings. The number of para-hydroxylation sites is 4. The quantitative estimate of drug-likeness (QED) is 0.288. The van der Waals surface area contributed by atoms with Gasteiger partial charge in [0.25, 0.3) is 0 Å². The summed E-state index contributed by atoms with van der Waals surface area (Å²) in [6.45, 7) is 0. The summed E-state index contributed by atoms with van der Waals surface area (Å²) >= 11 is 0. The monoisotopic (exact) mass is 411 g/mol. The van der Waals surface area contributed by atoms with Crippen molar-refractivity contribution in [3.8, 4) is 22.6 Å². The summed E-state index contributed by atoms with van der Waals surface area (Å²) in [5.41, 5.74) is 6.67. The molecule has 0 N–H and O–H groups in total. The van der Waals surface area contributed by atoms with E-state index >= 15 is 0 Å². The maximum Gasteiger partial charge on any atom is 0.227 e. The molecule has 7 rings (SSSR count). The van der Waals surface area contributed by atoms with Crippen molar-refractivity contribution < 1.29 is 8.83 Å².